The fraction of sp³-hybridized carbons (Fsp3) is 0.300. The summed E-state index contributed by atoms with van der Waals surface area (Å²) in [6.45, 7) is 0.605. The maximum absolute atomic E-state index is 11.0. The molecule has 1 aliphatic heterocycles. The van der Waals surface area contributed by atoms with Crippen molar-refractivity contribution in [3.8, 4) is 0 Å². The first-order valence-electron chi connectivity index (χ1n) is 4.86. The van der Waals surface area contributed by atoms with Crippen molar-refractivity contribution in [2.45, 2.75) is 17.2 Å². The Hall–Kier alpha value is -1.40. The molecule has 1 aromatic rings. The molecule has 86 valence electrons. The molecule has 0 aromatic heterocycles. The fourth-order valence-electron chi connectivity index (χ4n) is 1.77. The number of nitrogens with two attached hydrogens (primary N) is 1. The zero-order valence-corrected chi connectivity index (χ0v) is 9.33. The van der Waals surface area contributed by atoms with Crippen LogP contribution >= 0.6 is 0 Å². The summed E-state index contributed by atoms with van der Waals surface area (Å²) < 4.78 is 22.1. The van der Waals surface area contributed by atoms with Crippen molar-refractivity contribution in [2.24, 2.45) is 5.14 Å². The SMILES string of the molecule is NS(=O)(=O)c1ccc([C@@H]2CNC(=O)C2)cc1. The number of sulfonamides is 1. The second kappa shape index (κ2) is 3.88. The first kappa shape index (κ1) is 11.1. The number of hydrogen-bond donors (Lipinski definition) is 2. The molecular weight excluding hydrogens is 228 g/mol. The molecule has 16 heavy (non-hydrogen) atoms. The van der Waals surface area contributed by atoms with Gasteiger partial charge in [-0.3, -0.25) is 4.79 Å². The fourth-order valence-corrected chi connectivity index (χ4v) is 2.29. The third-order valence-electron chi connectivity index (χ3n) is 2.66. The van der Waals surface area contributed by atoms with Crippen LogP contribution in [0.4, 0.5) is 0 Å². The van der Waals surface area contributed by atoms with Crippen molar-refractivity contribution < 1.29 is 13.2 Å². The van der Waals surface area contributed by atoms with Crippen LogP contribution in [0.1, 0.15) is 17.9 Å². The van der Waals surface area contributed by atoms with Gasteiger partial charge in [-0.15, -0.1) is 0 Å². The molecule has 2 rings (SSSR count). The van der Waals surface area contributed by atoms with Gasteiger partial charge in [-0.1, -0.05) is 12.1 Å². The number of carbonyl (C=O) groups excluding carboxylic acids is 1. The molecule has 3 N–H and O–H groups in total. The topological polar surface area (TPSA) is 89.3 Å². The second-order valence-electron chi connectivity index (χ2n) is 3.82. The lowest BCUT2D eigenvalue weighted by molar-refractivity contribution is -0.119. The van der Waals surface area contributed by atoms with Crippen molar-refractivity contribution in [2.75, 3.05) is 6.54 Å². The van der Waals surface area contributed by atoms with E-state index in [9.17, 15) is 13.2 Å². The minimum absolute atomic E-state index is 0.0283. The van der Waals surface area contributed by atoms with E-state index in [2.05, 4.69) is 5.32 Å². The largest absolute Gasteiger partial charge is 0.355 e. The Labute approximate surface area is 93.7 Å². The molecule has 1 atom stereocenters. The van der Waals surface area contributed by atoms with E-state index in [4.69, 9.17) is 5.14 Å². The molecule has 6 heteroatoms. The summed E-state index contributed by atoms with van der Waals surface area (Å²) in [5, 5.41) is 7.72. The maximum atomic E-state index is 11.0. The number of nitrogens with one attached hydrogen (secondary N) is 1. The van der Waals surface area contributed by atoms with Gasteiger partial charge in [0.05, 0.1) is 4.90 Å². The van der Waals surface area contributed by atoms with Gasteiger partial charge in [-0.25, -0.2) is 13.6 Å². The lowest BCUT2D eigenvalue weighted by Crippen LogP contribution is -2.14. The van der Waals surface area contributed by atoms with E-state index in [0.717, 1.165) is 5.56 Å². The van der Waals surface area contributed by atoms with Gasteiger partial charge in [0.15, 0.2) is 0 Å². The predicted octanol–water partition coefficient (Wildman–Crippen LogP) is -0.0625. The van der Waals surface area contributed by atoms with Gasteiger partial charge in [0.25, 0.3) is 0 Å². The molecule has 0 saturated carbocycles. The second-order valence-corrected chi connectivity index (χ2v) is 5.38. The van der Waals surface area contributed by atoms with Crippen molar-refractivity contribution in [3.63, 3.8) is 0 Å². The molecule has 1 fully saturated rings. The molecule has 1 saturated heterocycles. The summed E-state index contributed by atoms with van der Waals surface area (Å²) in [4.78, 5) is 11.1. The average Bonchev–Trinajstić information content (AvgIpc) is 2.64. The van der Waals surface area contributed by atoms with Gasteiger partial charge in [-0.2, -0.15) is 0 Å². The van der Waals surface area contributed by atoms with Gasteiger partial charge in [0.2, 0.25) is 15.9 Å². The Morgan fingerprint density at radius 1 is 1.25 bits per heavy atom. The quantitative estimate of drug-likeness (QED) is 0.758. The summed E-state index contributed by atoms with van der Waals surface area (Å²) in [6, 6.07) is 6.33. The van der Waals surface area contributed by atoms with Gasteiger partial charge in [0, 0.05) is 18.9 Å². The monoisotopic (exact) mass is 240 g/mol. The van der Waals surface area contributed by atoms with Gasteiger partial charge in [0.1, 0.15) is 0 Å². The Kier molecular flexibility index (Phi) is 2.69. The van der Waals surface area contributed by atoms with Crippen LogP contribution in [0.5, 0.6) is 0 Å². The van der Waals surface area contributed by atoms with E-state index in [0.29, 0.717) is 13.0 Å². The van der Waals surface area contributed by atoms with E-state index < -0.39 is 10.0 Å². The lowest BCUT2D eigenvalue weighted by Gasteiger charge is -2.07. The van der Waals surface area contributed by atoms with Crippen LogP contribution in [0.25, 0.3) is 0 Å². The summed E-state index contributed by atoms with van der Waals surface area (Å²) in [6.07, 6.45) is 0.453. The van der Waals surface area contributed by atoms with Crippen molar-refractivity contribution in [3.05, 3.63) is 29.8 Å². The molecule has 0 radical (unpaired) electrons. The third-order valence-corrected chi connectivity index (χ3v) is 3.59. The zero-order chi connectivity index (χ0) is 11.8. The third kappa shape index (κ3) is 2.23. The standard InChI is InChI=1S/C10H12N2O3S/c11-16(14,15)9-3-1-7(2-4-9)8-5-10(13)12-6-8/h1-4,8H,5-6H2,(H,12,13)(H2,11,14,15)/t8-/m0/s1. The van der Waals surface area contributed by atoms with E-state index >= 15 is 0 Å². The molecule has 1 amide bonds. The van der Waals surface area contributed by atoms with Gasteiger partial charge >= 0.3 is 0 Å². The van der Waals surface area contributed by atoms with Crippen molar-refractivity contribution >= 4 is 15.9 Å². The average molecular weight is 240 g/mol. The number of amides is 1. The first-order valence-corrected chi connectivity index (χ1v) is 6.41. The van der Waals surface area contributed by atoms with E-state index in [-0.39, 0.29) is 16.7 Å². The first-order chi connectivity index (χ1) is 7.47. The summed E-state index contributed by atoms with van der Waals surface area (Å²) in [5.41, 5.74) is 0.950. The van der Waals surface area contributed by atoms with Crippen LogP contribution in [0, 0.1) is 0 Å². The van der Waals surface area contributed by atoms with E-state index in [1.54, 1.807) is 12.1 Å². The number of carbonyl (C=O) groups is 1. The normalized spacial score (nSPS) is 20.8. The number of primary sulfonamides is 1. The number of benzene rings is 1. The Morgan fingerprint density at radius 3 is 2.31 bits per heavy atom. The van der Waals surface area contributed by atoms with Crippen LogP contribution in [0.3, 0.4) is 0 Å². The van der Waals surface area contributed by atoms with Crippen LogP contribution in [-0.2, 0) is 14.8 Å². The van der Waals surface area contributed by atoms with Gasteiger partial charge in [-0.05, 0) is 17.7 Å². The molecule has 1 aromatic carbocycles. The lowest BCUT2D eigenvalue weighted by atomic mass is 9.99. The highest BCUT2D eigenvalue weighted by Gasteiger charge is 2.23. The van der Waals surface area contributed by atoms with E-state index in [1.807, 2.05) is 0 Å². The number of rotatable bonds is 2. The van der Waals surface area contributed by atoms with Crippen LogP contribution < -0.4 is 10.5 Å². The highest BCUT2D eigenvalue weighted by Crippen LogP contribution is 2.23. The Balaban J connectivity index is 2.23. The minimum atomic E-state index is -3.64. The molecule has 0 unspecified atom stereocenters. The molecule has 0 aliphatic carbocycles. The van der Waals surface area contributed by atoms with E-state index in [1.165, 1.54) is 12.1 Å². The van der Waals surface area contributed by atoms with Crippen molar-refractivity contribution in [1.82, 2.24) is 5.32 Å². The number of hydrogen-bond acceptors (Lipinski definition) is 3. The molecule has 1 heterocycles. The molecular formula is C10H12N2O3S. The van der Waals surface area contributed by atoms with Crippen LogP contribution in [0.15, 0.2) is 29.2 Å². The molecule has 5 nitrogen and oxygen atoms in total. The minimum Gasteiger partial charge on any atom is -0.355 e. The Morgan fingerprint density at radius 2 is 1.88 bits per heavy atom. The smallest absolute Gasteiger partial charge is 0.238 e. The highest BCUT2D eigenvalue weighted by molar-refractivity contribution is 7.89. The van der Waals surface area contributed by atoms with Crippen molar-refractivity contribution in [1.29, 1.82) is 0 Å². The predicted molar refractivity (Wildman–Crippen MR) is 58.2 cm³/mol. The maximum Gasteiger partial charge on any atom is 0.238 e. The summed E-state index contributed by atoms with van der Waals surface area (Å²) in [5.74, 6) is 0.155. The van der Waals surface area contributed by atoms with Crippen LogP contribution in [0.2, 0.25) is 0 Å². The van der Waals surface area contributed by atoms with Crippen LogP contribution in [-0.4, -0.2) is 20.9 Å². The van der Waals surface area contributed by atoms with Gasteiger partial charge < -0.3 is 5.32 Å². The molecule has 0 spiro atoms. The Bertz CT molecular complexity index is 507. The molecule has 0 bridgehead atoms. The summed E-state index contributed by atoms with van der Waals surface area (Å²) >= 11 is 0. The zero-order valence-electron chi connectivity index (χ0n) is 8.51. The molecule has 1 aliphatic rings. The summed E-state index contributed by atoms with van der Waals surface area (Å²) in [7, 11) is -3.64. The highest BCUT2D eigenvalue weighted by atomic mass is 32.2.